The first-order chi connectivity index (χ1) is 11.3. The summed E-state index contributed by atoms with van der Waals surface area (Å²) >= 11 is 0. The van der Waals surface area contributed by atoms with Gasteiger partial charge >= 0.3 is 0 Å². The average Bonchev–Trinajstić information content (AvgIpc) is 2.60. The number of ether oxygens (including phenoxy) is 2. The fourth-order valence-corrected chi connectivity index (χ4v) is 3.37. The third kappa shape index (κ3) is 6.39. The summed E-state index contributed by atoms with van der Waals surface area (Å²) in [4.78, 5) is 0. The van der Waals surface area contributed by atoms with Crippen LogP contribution in [0.2, 0.25) is 0 Å². The quantitative estimate of drug-likeness (QED) is 0.428. The lowest BCUT2D eigenvalue weighted by Gasteiger charge is -2.27. The van der Waals surface area contributed by atoms with E-state index in [1.807, 2.05) is 0 Å². The van der Waals surface area contributed by atoms with Crippen molar-refractivity contribution in [2.75, 3.05) is 20.3 Å². The van der Waals surface area contributed by atoms with Gasteiger partial charge in [0.25, 0.3) is 0 Å². The van der Waals surface area contributed by atoms with Crippen molar-refractivity contribution in [2.24, 2.45) is 5.92 Å². The van der Waals surface area contributed by atoms with Crippen molar-refractivity contribution >= 4 is 0 Å². The SMILES string of the molecule is CCCCCOc1ccc(C2CCC(/C=C/COC)CC2)cc1. The van der Waals surface area contributed by atoms with Gasteiger partial charge < -0.3 is 9.47 Å². The van der Waals surface area contributed by atoms with Crippen LogP contribution in [-0.2, 0) is 4.74 Å². The Kier molecular flexibility index (Phi) is 8.24. The zero-order valence-corrected chi connectivity index (χ0v) is 14.8. The molecule has 0 aliphatic heterocycles. The van der Waals surface area contributed by atoms with Crippen LogP contribution in [0.25, 0.3) is 0 Å². The fourth-order valence-electron chi connectivity index (χ4n) is 3.37. The molecule has 1 aromatic rings. The lowest BCUT2D eigenvalue weighted by Crippen LogP contribution is -2.11. The molecule has 0 bridgehead atoms. The van der Waals surface area contributed by atoms with Crippen LogP contribution in [0, 0.1) is 5.92 Å². The molecule has 0 radical (unpaired) electrons. The van der Waals surface area contributed by atoms with E-state index in [1.165, 1.54) is 44.1 Å². The molecule has 0 atom stereocenters. The second-order valence-corrected chi connectivity index (χ2v) is 6.62. The lowest BCUT2D eigenvalue weighted by molar-refractivity contribution is 0.233. The minimum Gasteiger partial charge on any atom is -0.494 e. The van der Waals surface area contributed by atoms with Gasteiger partial charge in [0.2, 0.25) is 0 Å². The highest BCUT2D eigenvalue weighted by Gasteiger charge is 2.20. The first-order valence-corrected chi connectivity index (χ1v) is 9.21. The van der Waals surface area contributed by atoms with Gasteiger partial charge in [-0.2, -0.15) is 0 Å². The van der Waals surface area contributed by atoms with E-state index in [0.29, 0.717) is 0 Å². The van der Waals surface area contributed by atoms with Crippen LogP contribution in [0.5, 0.6) is 5.75 Å². The number of allylic oxidation sites excluding steroid dienone is 1. The van der Waals surface area contributed by atoms with Crippen molar-refractivity contribution in [3.63, 3.8) is 0 Å². The van der Waals surface area contributed by atoms with Crippen LogP contribution >= 0.6 is 0 Å². The molecule has 23 heavy (non-hydrogen) atoms. The van der Waals surface area contributed by atoms with Gasteiger partial charge in [-0.15, -0.1) is 0 Å². The molecule has 128 valence electrons. The van der Waals surface area contributed by atoms with E-state index >= 15 is 0 Å². The predicted molar refractivity (Wildman–Crippen MR) is 97.2 cm³/mol. The van der Waals surface area contributed by atoms with Gasteiger partial charge in [-0.3, -0.25) is 0 Å². The summed E-state index contributed by atoms with van der Waals surface area (Å²) in [6.45, 7) is 3.79. The Morgan fingerprint density at radius 1 is 1.04 bits per heavy atom. The summed E-state index contributed by atoms with van der Waals surface area (Å²) in [5, 5.41) is 0. The third-order valence-corrected chi connectivity index (χ3v) is 4.81. The molecular weight excluding hydrogens is 284 g/mol. The molecular formula is C21H32O2. The second-order valence-electron chi connectivity index (χ2n) is 6.62. The van der Waals surface area contributed by atoms with Gasteiger partial charge in [0.05, 0.1) is 13.2 Å². The highest BCUT2D eigenvalue weighted by atomic mass is 16.5. The van der Waals surface area contributed by atoms with Crippen LogP contribution < -0.4 is 4.74 Å². The number of rotatable bonds is 9. The minimum atomic E-state index is 0.719. The molecule has 1 saturated carbocycles. The smallest absolute Gasteiger partial charge is 0.119 e. The molecule has 1 aliphatic carbocycles. The zero-order valence-electron chi connectivity index (χ0n) is 14.8. The topological polar surface area (TPSA) is 18.5 Å². The molecule has 0 heterocycles. The Labute approximate surface area is 141 Å². The highest BCUT2D eigenvalue weighted by Crippen LogP contribution is 2.36. The van der Waals surface area contributed by atoms with Gasteiger partial charge in [0.1, 0.15) is 5.75 Å². The Balaban J connectivity index is 1.75. The van der Waals surface area contributed by atoms with Crippen molar-refractivity contribution in [1.29, 1.82) is 0 Å². The van der Waals surface area contributed by atoms with Gasteiger partial charge in [-0.05, 0) is 61.6 Å². The van der Waals surface area contributed by atoms with Gasteiger partial charge in [-0.25, -0.2) is 0 Å². The molecule has 2 rings (SSSR count). The lowest BCUT2D eigenvalue weighted by atomic mass is 9.78. The summed E-state index contributed by atoms with van der Waals surface area (Å²) < 4.78 is 10.9. The Hall–Kier alpha value is -1.28. The van der Waals surface area contributed by atoms with E-state index in [0.717, 1.165) is 37.2 Å². The average molecular weight is 316 g/mol. The summed E-state index contributed by atoms with van der Waals surface area (Å²) in [6, 6.07) is 8.82. The van der Waals surface area contributed by atoms with Crippen molar-refractivity contribution in [3.8, 4) is 5.75 Å². The van der Waals surface area contributed by atoms with Crippen molar-refractivity contribution in [2.45, 2.75) is 57.8 Å². The van der Waals surface area contributed by atoms with Crippen molar-refractivity contribution in [1.82, 2.24) is 0 Å². The molecule has 0 N–H and O–H groups in total. The molecule has 2 heteroatoms. The number of hydrogen-bond acceptors (Lipinski definition) is 2. The van der Waals surface area contributed by atoms with Gasteiger partial charge in [-0.1, -0.05) is 44.1 Å². The van der Waals surface area contributed by atoms with E-state index < -0.39 is 0 Å². The Morgan fingerprint density at radius 2 is 1.78 bits per heavy atom. The monoisotopic (exact) mass is 316 g/mol. The fraction of sp³-hybridized carbons (Fsp3) is 0.619. The molecule has 1 aliphatic rings. The molecule has 0 spiro atoms. The first kappa shape index (κ1) is 18.1. The van der Waals surface area contributed by atoms with E-state index in [4.69, 9.17) is 9.47 Å². The van der Waals surface area contributed by atoms with E-state index in [9.17, 15) is 0 Å². The van der Waals surface area contributed by atoms with Crippen LogP contribution in [0.1, 0.15) is 63.4 Å². The second kappa shape index (κ2) is 10.5. The standard InChI is InChI=1S/C21H32O2/c1-3-4-5-17-23-21-14-12-20(13-15-21)19-10-8-18(9-11-19)7-6-16-22-2/h6-7,12-15,18-19H,3-5,8-11,16-17H2,1-2H3/b7-6+. The molecule has 1 fully saturated rings. The van der Waals surface area contributed by atoms with Gasteiger partial charge in [0, 0.05) is 7.11 Å². The normalized spacial score (nSPS) is 21.7. The largest absolute Gasteiger partial charge is 0.494 e. The maximum atomic E-state index is 5.80. The number of hydrogen-bond donors (Lipinski definition) is 0. The number of benzene rings is 1. The highest BCUT2D eigenvalue weighted by molar-refractivity contribution is 5.29. The molecule has 0 saturated heterocycles. The third-order valence-electron chi connectivity index (χ3n) is 4.81. The molecule has 0 unspecified atom stereocenters. The predicted octanol–water partition coefficient (Wildman–Crippen LogP) is 5.73. The summed E-state index contributed by atoms with van der Waals surface area (Å²) in [5.74, 6) is 2.47. The van der Waals surface area contributed by atoms with Crippen LogP contribution in [0.4, 0.5) is 0 Å². The van der Waals surface area contributed by atoms with Crippen LogP contribution in [0.3, 0.4) is 0 Å². The van der Waals surface area contributed by atoms with Crippen LogP contribution in [0.15, 0.2) is 36.4 Å². The number of methoxy groups -OCH3 is 1. The summed E-state index contributed by atoms with van der Waals surface area (Å²) in [7, 11) is 1.75. The first-order valence-electron chi connectivity index (χ1n) is 9.21. The van der Waals surface area contributed by atoms with E-state index in [-0.39, 0.29) is 0 Å². The van der Waals surface area contributed by atoms with E-state index in [1.54, 1.807) is 7.11 Å². The van der Waals surface area contributed by atoms with Crippen molar-refractivity contribution in [3.05, 3.63) is 42.0 Å². The Morgan fingerprint density at radius 3 is 2.43 bits per heavy atom. The summed E-state index contributed by atoms with van der Waals surface area (Å²) in [5.41, 5.74) is 1.48. The summed E-state index contributed by atoms with van der Waals surface area (Å²) in [6.07, 6.45) is 13.3. The molecule has 0 amide bonds. The minimum absolute atomic E-state index is 0.719. The molecule has 1 aromatic carbocycles. The van der Waals surface area contributed by atoms with Gasteiger partial charge in [0.15, 0.2) is 0 Å². The molecule has 2 nitrogen and oxygen atoms in total. The molecule has 0 aromatic heterocycles. The maximum Gasteiger partial charge on any atom is 0.119 e. The number of unbranched alkanes of at least 4 members (excludes halogenated alkanes) is 2. The van der Waals surface area contributed by atoms with Crippen molar-refractivity contribution < 1.29 is 9.47 Å². The Bertz CT molecular complexity index is 441. The van der Waals surface area contributed by atoms with Crippen LogP contribution in [-0.4, -0.2) is 20.3 Å². The zero-order chi connectivity index (χ0) is 16.3. The maximum absolute atomic E-state index is 5.80. The van der Waals surface area contributed by atoms with E-state index in [2.05, 4.69) is 43.3 Å².